The lowest BCUT2D eigenvalue weighted by Gasteiger charge is -2.36. The Morgan fingerprint density at radius 3 is 2.50 bits per heavy atom. The van der Waals surface area contributed by atoms with Crippen molar-refractivity contribution in [2.24, 2.45) is 0 Å². The predicted molar refractivity (Wildman–Crippen MR) is 144 cm³/mol. The quantitative estimate of drug-likeness (QED) is 0.367. The van der Waals surface area contributed by atoms with Gasteiger partial charge in [-0.2, -0.15) is 0 Å². The van der Waals surface area contributed by atoms with Gasteiger partial charge in [-0.25, -0.2) is 13.1 Å². The molecule has 0 radical (unpaired) electrons. The Hall–Kier alpha value is -1.32. The molecule has 0 saturated carbocycles. The first-order valence-corrected chi connectivity index (χ1v) is 13.4. The second kappa shape index (κ2) is 12.1. The second-order valence-corrected chi connectivity index (χ2v) is 11.0. The average molecular weight is 564 g/mol. The number of benzene rings is 2. The Balaban J connectivity index is 0.00000324. The zero-order chi connectivity index (χ0) is 23.4. The molecule has 2 heterocycles. The van der Waals surface area contributed by atoms with Crippen molar-refractivity contribution in [3.8, 4) is 0 Å². The molecular weight excluding hydrogens is 538 g/mol. The van der Waals surface area contributed by atoms with Crippen molar-refractivity contribution in [1.29, 1.82) is 0 Å². The molecule has 6 nitrogen and oxygen atoms in total. The van der Waals surface area contributed by atoms with Gasteiger partial charge in [0.15, 0.2) is 0 Å². The van der Waals surface area contributed by atoms with Crippen molar-refractivity contribution in [1.82, 2.24) is 14.6 Å². The lowest BCUT2D eigenvalue weighted by molar-refractivity contribution is 0.253. The van der Waals surface area contributed by atoms with Gasteiger partial charge in [-0.3, -0.25) is 9.88 Å². The fourth-order valence-electron chi connectivity index (χ4n) is 3.93. The number of pyridine rings is 1. The van der Waals surface area contributed by atoms with E-state index in [2.05, 4.69) is 19.5 Å². The van der Waals surface area contributed by atoms with Crippen molar-refractivity contribution in [2.75, 3.05) is 44.2 Å². The molecule has 1 saturated heterocycles. The van der Waals surface area contributed by atoms with Crippen LogP contribution < -0.4 is 9.62 Å². The summed E-state index contributed by atoms with van der Waals surface area (Å²) < 4.78 is 27.9. The number of aromatic nitrogens is 1. The maximum atomic E-state index is 12.6. The zero-order valence-corrected chi connectivity index (χ0v) is 22.3. The number of unbranched alkanes of at least 4 members (excludes halogenated alkanes) is 1. The van der Waals surface area contributed by atoms with Crippen LogP contribution in [0.4, 0.5) is 5.69 Å². The number of halogens is 4. The molecule has 1 aromatic heterocycles. The minimum absolute atomic E-state index is 0. The fourth-order valence-corrected chi connectivity index (χ4v) is 5.58. The standard InChI is InChI=1S/C23H25Cl3N4O2S.ClH/c24-18-6-7-21-17(14-18)15-19(16-27-21)33(31,32)28-8-1-2-9-29-10-12-30(13-11-29)22-5-3-4-20(25)23(22)26;/h3-7,14-16,28H,1-2,8-13H2;1H. The molecule has 11 heteroatoms. The SMILES string of the molecule is Cl.O=S(=O)(NCCCCN1CCN(c2cccc(Cl)c2Cl)CC1)c1cnc2ccc(Cl)cc2c1. The van der Waals surface area contributed by atoms with Gasteiger partial charge in [-0.15, -0.1) is 12.4 Å². The Morgan fingerprint density at radius 2 is 1.74 bits per heavy atom. The minimum atomic E-state index is -3.61. The van der Waals surface area contributed by atoms with Crippen LogP contribution in [-0.4, -0.2) is 57.6 Å². The predicted octanol–water partition coefficient (Wildman–Crippen LogP) is 5.50. The first-order chi connectivity index (χ1) is 15.8. The molecule has 34 heavy (non-hydrogen) atoms. The number of hydrogen-bond acceptors (Lipinski definition) is 5. The fraction of sp³-hybridized carbons (Fsp3) is 0.348. The summed E-state index contributed by atoms with van der Waals surface area (Å²) in [6, 6.07) is 12.5. The van der Waals surface area contributed by atoms with E-state index in [0.29, 0.717) is 32.5 Å². The van der Waals surface area contributed by atoms with Crippen LogP contribution >= 0.6 is 47.2 Å². The number of anilines is 1. The van der Waals surface area contributed by atoms with Gasteiger partial charge in [0.2, 0.25) is 10.0 Å². The van der Waals surface area contributed by atoms with Crippen molar-refractivity contribution in [2.45, 2.75) is 17.7 Å². The molecule has 1 N–H and O–H groups in total. The third-order valence-electron chi connectivity index (χ3n) is 5.77. The molecular formula is C23H26Cl4N4O2S. The monoisotopic (exact) mass is 562 g/mol. The van der Waals surface area contributed by atoms with E-state index in [9.17, 15) is 8.42 Å². The van der Waals surface area contributed by atoms with Gasteiger partial charge < -0.3 is 4.90 Å². The van der Waals surface area contributed by atoms with Crippen LogP contribution in [0.25, 0.3) is 10.9 Å². The van der Waals surface area contributed by atoms with Gasteiger partial charge in [0.05, 0.1) is 21.2 Å². The molecule has 0 unspecified atom stereocenters. The average Bonchev–Trinajstić information content (AvgIpc) is 2.80. The summed E-state index contributed by atoms with van der Waals surface area (Å²) in [6.45, 7) is 4.93. The molecule has 4 rings (SSSR count). The largest absolute Gasteiger partial charge is 0.368 e. The molecule has 0 amide bonds. The van der Waals surface area contributed by atoms with Gasteiger partial charge in [-0.1, -0.05) is 40.9 Å². The zero-order valence-electron chi connectivity index (χ0n) is 18.4. The summed E-state index contributed by atoms with van der Waals surface area (Å²) in [5.41, 5.74) is 1.68. The number of nitrogens with one attached hydrogen (secondary N) is 1. The van der Waals surface area contributed by atoms with Gasteiger partial charge in [-0.05, 0) is 55.8 Å². The van der Waals surface area contributed by atoms with E-state index in [1.54, 1.807) is 30.3 Å². The maximum Gasteiger partial charge on any atom is 0.242 e. The van der Waals surface area contributed by atoms with E-state index in [-0.39, 0.29) is 17.3 Å². The highest BCUT2D eigenvalue weighted by Gasteiger charge is 2.20. The van der Waals surface area contributed by atoms with E-state index >= 15 is 0 Å². The lowest BCUT2D eigenvalue weighted by atomic mass is 10.2. The highest BCUT2D eigenvalue weighted by atomic mass is 35.5. The molecule has 3 aromatic rings. The molecule has 0 bridgehead atoms. The van der Waals surface area contributed by atoms with Crippen LogP contribution in [0.5, 0.6) is 0 Å². The van der Waals surface area contributed by atoms with Gasteiger partial charge >= 0.3 is 0 Å². The third-order valence-corrected chi connectivity index (χ3v) is 8.24. The Kier molecular flexibility index (Phi) is 9.69. The molecule has 1 aliphatic heterocycles. The normalized spacial score (nSPS) is 14.9. The van der Waals surface area contributed by atoms with E-state index < -0.39 is 10.0 Å². The number of rotatable bonds is 8. The summed E-state index contributed by atoms with van der Waals surface area (Å²) >= 11 is 18.5. The first kappa shape index (κ1) is 27.3. The molecule has 1 fully saturated rings. The summed E-state index contributed by atoms with van der Waals surface area (Å²) in [4.78, 5) is 9.02. The molecule has 0 aliphatic carbocycles. The molecule has 2 aromatic carbocycles. The van der Waals surface area contributed by atoms with Gasteiger partial charge in [0.25, 0.3) is 0 Å². The van der Waals surface area contributed by atoms with E-state index in [1.807, 2.05) is 12.1 Å². The second-order valence-electron chi connectivity index (χ2n) is 8.01. The van der Waals surface area contributed by atoms with Crippen molar-refractivity contribution in [3.05, 3.63) is 63.7 Å². The third kappa shape index (κ3) is 6.66. The highest BCUT2D eigenvalue weighted by Crippen LogP contribution is 2.32. The van der Waals surface area contributed by atoms with E-state index in [1.165, 1.54) is 6.20 Å². The van der Waals surface area contributed by atoms with Gasteiger partial charge in [0.1, 0.15) is 4.90 Å². The molecule has 0 spiro atoms. The van der Waals surface area contributed by atoms with Crippen LogP contribution in [-0.2, 0) is 10.0 Å². The number of hydrogen-bond donors (Lipinski definition) is 1. The van der Waals surface area contributed by atoms with Crippen LogP contribution in [0.1, 0.15) is 12.8 Å². The van der Waals surface area contributed by atoms with E-state index in [0.717, 1.165) is 51.3 Å². The smallest absolute Gasteiger partial charge is 0.242 e. The number of piperazine rings is 1. The van der Waals surface area contributed by atoms with Crippen LogP contribution in [0, 0.1) is 0 Å². The molecule has 0 atom stereocenters. The summed E-state index contributed by atoms with van der Waals surface area (Å²) in [7, 11) is -3.61. The maximum absolute atomic E-state index is 12.6. The molecule has 1 aliphatic rings. The number of fused-ring (bicyclic) bond motifs is 1. The van der Waals surface area contributed by atoms with Crippen molar-refractivity contribution >= 4 is 73.8 Å². The van der Waals surface area contributed by atoms with E-state index in [4.69, 9.17) is 34.8 Å². The van der Waals surface area contributed by atoms with Crippen LogP contribution in [0.15, 0.2) is 53.6 Å². The van der Waals surface area contributed by atoms with Gasteiger partial charge in [0, 0.05) is 49.3 Å². The molecule has 184 valence electrons. The minimum Gasteiger partial charge on any atom is -0.368 e. The van der Waals surface area contributed by atoms with Crippen molar-refractivity contribution < 1.29 is 8.42 Å². The summed E-state index contributed by atoms with van der Waals surface area (Å²) in [5.74, 6) is 0. The van der Waals surface area contributed by atoms with Crippen molar-refractivity contribution in [3.63, 3.8) is 0 Å². The highest BCUT2D eigenvalue weighted by molar-refractivity contribution is 7.89. The Bertz CT molecular complexity index is 1230. The summed E-state index contributed by atoms with van der Waals surface area (Å²) in [6.07, 6.45) is 3.04. The topological polar surface area (TPSA) is 65.5 Å². The van der Waals surface area contributed by atoms with Crippen LogP contribution in [0.2, 0.25) is 15.1 Å². The Morgan fingerprint density at radius 1 is 0.971 bits per heavy atom. The number of sulfonamides is 1. The van der Waals surface area contributed by atoms with Crippen LogP contribution in [0.3, 0.4) is 0 Å². The lowest BCUT2D eigenvalue weighted by Crippen LogP contribution is -2.46. The first-order valence-electron chi connectivity index (χ1n) is 10.8. The summed E-state index contributed by atoms with van der Waals surface area (Å²) in [5, 5.41) is 2.42. The number of nitrogens with zero attached hydrogens (tertiary/aromatic N) is 3. The Labute approximate surface area is 221 Å².